The quantitative estimate of drug-likeness (QED) is 0.605. The number of para-hydroxylation sites is 1. The Morgan fingerprint density at radius 2 is 1.61 bits per heavy atom. The lowest BCUT2D eigenvalue weighted by Crippen LogP contribution is -1.81. The van der Waals surface area contributed by atoms with E-state index in [1.807, 2.05) is 54.6 Å². The molecule has 2 nitrogen and oxygen atoms in total. The number of benzene rings is 2. The highest BCUT2D eigenvalue weighted by Gasteiger charge is 1.88. The van der Waals surface area contributed by atoms with Crippen molar-refractivity contribution in [3.63, 3.8) is 0 Å². The molecule has 0 saturated heterocycles. The van der Waals surface area contributed by atoms with Crippen LogP contribution in [0.2, 0.25) is 5.02 Å². The van der Waals surface area contributed by atoms with Gasteiger partial charge in [0, 0.05) is 22.1 Å². The summed E-state index contributed by atoms with van der Waals surface area (Å²) < 4.78 is 0.531. The number of fused-ring (bicyclic) bond motifs is 1. The molecule has 90 valence electrons. The molecule has 18 heavy (non-hydrogen) atoms. The zero-order valence-electron chi connectivity index (χ0n) is 9.51. The molecule has 1 aromatic heterocycles. The van der Waals surface area contributed by atoms with E-state index >= 15 is 0 Å². The molecule has 0 bridgehead atoms. The fraction of sp³-hybridized carbons (Fsp3) is 0. The van der Waals surface area contributed by atoms with Crippen LogP contribution in [0.25, 0.3) is 10.9 Å². The van der Waals surface area contributed by atoms with Crippen molar-refractivity contribution in [2.24, 2.45) is 0 Å². The molecule has 0 spiro atoms. The molecule has 0 atom stereocenters. The van der Waals surface area contributed by atoms with E-state index < -0.39 is 0 Å². The Hall–Kier alpha value is -1.71. The molecular weight excluding hydrogens is 264 g/mol. The van der Waals surface area contributed by atoms with Gasteiger partial charge in [0.2, 0.25) is 0 Å². The van der Waals surface area contributed by atoms with Crippen LogP contribution in [0, 0.1) is 4.77 Å². The minimum atomic E-state index is 0.531. The summed E-state index contributed by atoms with van der Waals surface area (Å²) in [6.45, 7) is 0. The van der Waals surface area contributed by atoms with Crippen molar-refractivity contribution >= 4 is 34.7 Å². The van der Waals surface area contributed by atoms with E-state index in [9.17, 15) is 0 Å². The predicted molar refractivity (Wildman–Crippen MR) is 78.4 cm³/mol. The van der Waals surface area contributed by atoms with Crippen molar-refractivity contribution in [1.29, 1.82) is 0 Å². The van der Waals surface area contributed by atoms with E-state index in [4.69, 9.17) is 23.8 Å². The fourth-order valence-corrected chi connectivity index (χ4v) is 1.72. The molecule has 4 heteroatoms. The van der Waals surface area contributed by atoms with E-state index in [1.54, 1.807) is 6.20 Å². The highest BCUT2D eigenvalue weighted by molar-refractivity contribution is 7.71. The Bertz CT molecular complexity index is 680. The first-order valence-corrected chi connectivity index (χ1v) is 6.19. The third kappa shape index (κ3) is 3.65. The third-order valence-electron chi connectivity index (χ3n) is 2.26. The lowest BCUT2D eigenvalue weighted by atomic mass is 10.2. The minimum absolute atomic E-state index is 0.531. The van der Waals surface area contributed by atoms with Gasteiger partial charge in [-0.3, -0.25) is 0 Å². The van der Waals surface area contributed by atoms with Gasteiger partial charge in [0.15, 0.2) is 4.77 Å². The predicted octanol–water partition coefficient (Wildman–Crippen LogP) is 4.63. The first-order chi connectivity index (χ1) is 8.75. The molecule has 1 heterocycles. The number of H-pyrrole nitrogens is 1. The van der Waals surface area contributed by atoms with Crippen LogP contribution in [0.4, 0.5) is 0 Å². The molecule has 0 aliphatic carbocycles. The Labute approximate surface area is 115 Å². The Kier molecular flexibility index (Phi) is 4.45. The highest BCUT2D eigenvalue weighted by atomic mass is 35.5. The minimum Gasteiger partial charge on any atom is -0.330 e. The summed E-state index contributed by atoms with van der Waals surface area (Å²) in [5.74, 6) is 0. The van der Waals surface area contributed by atoms with Gasteiger partial charge in [0.1, 0.15) is 0 Å². The third-order valence-corrected chi connectivity index (χ3v) is 2.72. The smallest absolute Gasteiger partial charge is 0.197 e. The van der Waals surface area contributed by atoms with Crippen molar-refractivity contribution in [3.05, 3.63) is 70.6 Å². The van der Waals surface area contributed by atoms with Gasteiger partial charge in [-0.25, -0.2) is 4.98 Å². The van der Waals surface area contributed by atoms with E-state index in [0.717, 1.165) is 15.9 Å². The van der Waals surface area contributed by atoms with E-state index in [0.29, 0.717) is 4.77 Å². The molecule has 3 rings (SSSR count). The summed E-state index contributed by atoms with van der Waals surface area (Å²) in [5, 5.41) is 1.88. The van der Waals surface area contributed by atoms with Crippen LogP contribution in [0.3, 0.4) is 0 Å². The van der Waals surface area contributed by atoms with E-state index in [-0.39, 0.29) is 0 Å². The number of hydrogen-bond acceptors (Lipinski definition) is 2. The van der Waals surface area contributed by atoms with Crippen LogP contribution in [0.15, 0.2) is 60.8 Å². The number of halogens is 1. The first kappa shape index (κ1) is 12.7. The zero-order chi connectivity index (χ0) is 12.8. The molecule has 0 fully saturated rings. The lowest BCUT2D eigenvalue weighted by molar-refractivity contribution is 1.19. The normalized spacial score (nSPS) is 9.61. The van der Waals surface area contributed by atoms with E-state index in [2.05, 4.69) is 9.97 Å². The number of nitrogens with zero attached hydrogens (tertiary/aromatic N) is 1. The molecule has 0 aliphatic heterocycles. The molecule has 0 unspecified atom stereocenters. The number of nitrogens with one attached hydrogen (secondary N) is 1. The summed E-state index contributed by atoms with van der Waals surface area (Å²) in [4.78, 5) is 6.96. The largest absolute Gasteiger partial charge is 0.330 e. The standard InChI is InChI=1S/C8H6N2S.C6H5Cl/c11-8-9-5-6-3-1-2-4-7(6)10-8;7-6-4-2-1-3-5-6/h1-5H,(H,9,10,11);1-5H. The fourth-order valence-electron chi connectivity index (χ4n) is 1.41. The Morgan fingerprint density at radius 3 is 2.28 bits per heavy atom. The van der Waals surface area contributed by atoms with Crippen LogP contribution < -0.4 is 0 Å². The summed E-state index contributed by atoms with van der Waals surface area (Å²) in [7, 11) is 0. The van der Waals surface area contributed by atoms with Gasteiger partial charge < -0.3 is 4.98 Å². The van der Waals surface area contributed by atoms with Crippen molar-refractivity contribution < 1.29 is 0 Å². The van der Waals surface area contributed by atoms with Gasteiger partial charge in [-0.15, -0.1) is 0 Å². The first-order valence-electron chi connectivity index (χ1n) is 5.40. The summed E-state index contributed by atoms with van der Waals surface area (Å²) in [6.07, 6.45) is 1.77. The lowest BCUT2D eigenvalue weighted by Gasteiger charge is -1.93. The molecule has 3 aromatic rings. The van der Waals surface area contributed by atoms with E-state index in [1.165, 1.54) is 0 Å². The summed E-state index contributed by atoms with van der Waals surface area (Å²) in [6, 6.07) is 17.4. The van der Waals surface area contributed by atoms with Gasteiger partial charge in [-0.1, -0.05) is 48.0 Å². The van der Waals surface area contributed by atoms with Gasteiger partial charge in [-0.05, 0) is 30.4 Å². The molecule has 2 aromatic carbocycles. The topological polar surface area (TPSA) is 28.7 Å². The van der Waals surface area contributed by atoms with Crippen LogP contribution in [0.1, 0.15) is 0 Å². The summed E-state index contributed by atoms with van der Waals surface area (Å²) in [5.41, 5.74) is 1.03. The molecule has 0 saturated carbocycles. The average molecular weight is 275 g/mol. The van der Waals surface area contributed by atoms with Gasteiger partial charge >= 0.3 is 0 Å². The maximum absolute atomic E-state index is 5.54. The maximum Gasteiger partial charge on any atom is 0.197 e. The number of rotatable bonds is 0. The monoisotopic (exact) mass is 274 g/mol. The Balaban J connectivity index is 0.000000149. The second kappa shape index (κ2) is 6.28. The number of hydrogen-bond donors (Lipinski definition) is 1. The SMILES string of the molecule is Clc1ccccc1.S=c1ncc2ccccc2[nH]1. The molecular formula is C14H11ClN2S. The van der Waals surface area contributed by atoms with Crippen LogP contribution in [-0.2, 0) is 0 Å². The van der Waals surface area contributed by atoms with Gasteiger partial charge in [0.05, 0.1) is 0 Å². The molecule has 0 amide bonds. The average Bonchev–Trinajstić information content (AvgIpc) is 2.40. The van der Waals surface area contributed by atoms with Crippen molar-refractivity contribution in [2.75, 3.05) is 0 Å². The zero-order valence-corrected chi connectivity index (χ0v) is 11.1. The van der Waals surface area contributed by atoms with Crippen molar-refractivity contribution in [2.45, 2.75) is 0 Å². The van der Waals surface area contributed by atoms with Crippen molar-refractivity contribution in [3.8, 4) is 0 Å². The Morgan fingerprint density at radius 1 is 0.944 bits per heavy atom. The van der Waals surface area contributed by atoms with Crippen LogP contribution in [-0.4, -0.2) is 9.97 Å². The van der Waals surface area contributed by atoms with Crippen LogP contribution >= 0.6 is 23.8 Å². The second-order valence-corrected chi connectivity index (χ2v) is 4.39. The molecule has 0 aliphatic rings. The maximum atomic E-state index is 5.54. The molecule has 0 radical (unpaired) electrons. The number of aromatic amines is 1. The van der Waals surface area contributed by atoms with Gasteiger partial charge in [0.25, 0.3) is 0 Å². The van der Waals surface area contributed by atoms with Crippen LogP contribution in [0.5, 0.6) is 0 Å². The number of aromatic nitrogens is 2. The summed E-state index contributed by atoms with van der Waals surface area (Å²) >= 11 is 10.4. The van der Waals surface area contributed by atoms with Gasteiger partial charge in [-0.2, -0.15) is 0 Å². The highest BCUT2D eigenvalue weighted by Crippen LogP contribution is 2.07. The molecule has 1 N–H and O–H groups in total. The second-order valence-electron chi connectivity index (χ2n) is 3.57. The van der Waals surface area contributed by atoms with Crippen molar-refractivity contribution in [1.82, 2.24) is 9.97 Å².